The number of aromatic nitrogens is 3. The Hall–Kier alpha value is -1.59. The van der Waals surface area contributed by atoms with Crippen molar-refractivity contribution in [2.75, 3.05) is 12.3 Å². The Morgan fingerprint density at radius 1 is 1.85 bits per heavy atom. The van der Waals surface area contributed by atoms with E-state index in [1.165, 1.54) is 11.0 Å². The highest BCUT2D eigenvalue weighted by Gasteiger charge is 2.17. The molecule has 0 bridgehead atoms. The fourth-order valence-corrected chi connectivity index (χ4v) is 0.832. The fraction of sp³-hybridized carbons (Fsp3) is 0.571. The second-order valence-corrected chi connectivity index (χ2v) is 2.52. The molecule has 1 atom stereocenters. The average molecular weight is 184 g/mol. The molecule has 0 aromatic carbocycles. The lowest BCUT2D eigenvalue weighted by atomic mass is 10.4. The van der Waals surface area contributed by atoms with E-state index in [4.69, 9.17) is 10.5 Å². The molecule has 2 N–H and O–H groups in total. The SMILES string of the molecule is CCOC(=O)C(C)n1ncc(N)n1. The summed E-state index contributed by atoms with van der Waals surface area (Å²) in [5.74, 6) is -0.0748. The first-order chi connectivity index (χ1) is 6.15. The Morgan fingerprint density at radius 2 is 2.54 bits per heavy atom. The summed E-state index contributed by atoms with van der Waals surface area (Å²) >= 11 is 0. The molecule has 72 valence electrons. The van der Waals surface area contributed by atoms with E-state index >= 15 is 0 Å². The first kappa shape index (κ1) is 9.50. The van der Waals surface area contributed by atoms with E-state index in [9.17, 15) is 4.79 Å². The highest BCUT2D eigenvalue weighted by molar-refractivity contribution is 5.73. The lowest BCUT2D eigenvalue weighted by Crippen LogP contribution is -2.21. The summed E-state index contributed by atoms with van der Waals surface area (Å²) in [6.07, 6.45) is 1.38. The van der Waals surface area contributed by atoms with E-state index in [1.807, 2.05) is 0 Å². The topological polar surface area (TPSA) is 83.0 Å². The number of rotatable bonds is 3. The first-order valence-electron chi connectivity index (χ1n) is 3.99. The number of nitrogen functional groups attached to an aromatic ring is 1. The standard InChI is InChI=1S/C7H12N4O2/c1-3-13-7(12)5(2)11-9-4-6(8)10-11/h4-5H,3H2,1-2H3,(H2,8,10). The first-order valence-corrected chi connectivity index (χ1v) is 3.99. The van der Waals surface area contributed by atoms with Crippen LogP contribution in [0, 0.1) is 0 Å². The molecule has 6 nitrogen and oxygen atoms in total. The molecule has 0 radical (unpaired) electrons. The van der Waals surface area contributed by atoms with Crippen LogP contribution in [0.2, 0.25) is 0 Å². The third-order valence-corrected chi connectivity index (χ3v) is 1.50. The molecular formula is C7H12N4O2. The van der Waals surface area contributed by atoms with Crippen LogP contribution in [-0.2, 0) is 9.53 Å². The van der Waals surface area contributed by atoms with Crippen molar-refractivity contribution in [3.05, 3.63) is 6.20 Å². The Labute approximate surface area is 75.7 Å². The van der Waals surface area contributed by atoms with E-state index in [2.05, 4.69) is 10.2 Å². The van der Waals surface area contributed by atoms with Gasteiger partial charge in [-0.3, -0.25) is 0 Å². The molecule has 13 heavy (non-hydrogen) atoms. The Kier molecular flexibility index (Phi) is 2.84. The number of esters is 1. The molecule has 1 unspecified atom stereocenters. The number of anilines is 1. The minimum atomic E-state index is -0.530. The Bertz CT molecular complexity index is 296. The van der Waals surface area contributed by atoms with Crippen molar-refractivity contribution < 1.29 is 9.53 Å². The fourth-order valence-electron chi connectivity index (χ4n) is 0.832. The highest BCUT2D eigenvalue weighted by atomic mass is 16.5. The van der Waals surface area contributed by atoms with Crippen LogP contribution in [0.5, 0.6) is 0 Å². The molecule has 0 fully saturated rings. The third-order valence-electron chi connectivity index (χ3n) is 1.50. The lowest BCUT2D eigenvalue weighted by Gasteiger charge is -2.08. The molecular weight excluding hydrogens is 172 g/mol. The largest absolute Gasteiger partial charge is 0.464 e. The maximum Gasteiger partial charge on any atom is 0.332 e. The van der Waals surface area contributed by atoms with Gasteiger partial charge in [-0.25, -0.2) is 4.79 Å². The minimum Gasteiger partial charge on any atom is -0.464 e. The zero-order valence-electron chi connectivity index (χ0n) is 7.60. The van der Waals surface area contributed by atoms with Gasteiger partial charge in [0.2, 0.25) is 0 Å². The van der Waals surface area contributed by atoms with Crippen LogP contribution < -0.4 is 5.73 Å². The van der Waals surface area contributed by atoms with Gasteiger partial charge in [0.25, 0.3) is 0 Å². The molecule has 1 aromatic heterocycles. The average Bonchev–Trinajstić information content (AvgIpc) is 2.51. The summed E-state index contributed by atoms with van der Waals surface area (Å²) in [6.45, 7) is 3.74. The van der Waals surface area contributed by atoms with Gasteiger partial charge in [0.15, 0.2) is 11.9 Å². The van der Waals surface area contributed by atoms with Crippen LogP contribution in [0.4, 0.5) is 5.82 Å². The van der Waals surface area contributed by atoms with E-state index in [-0.39, 0.29) is 11.8 Å². The van der Waals surface area contributed by atoms with E-state index in [0.29, 0.717) is 6.61 Å². The van der Waals surface area contributed by atoms with Crippen molar-refractivity contribution in [3.8, 4) is 0 Å². The number of nitrogens with two attached hydrogens (primary N) is 1. The van der Waals surface area contributed by atoms with E-state index < -0.39 is 6.04 Å². The normalized spacial score (nSPS) is 12.5. The summed E-state index contributed by atoms with van der Waals surface area (Å²) in [5.41, 5.74) is 5.34. The van der Waals surface area contributed by atoms with Gasteiger partial charge in [0.05, 0.1) is 12.8 Å². The van der Waals surface area contributed by atoms with Crippen molar-refractivity contribution in [1.29, 1.82) is 0 Å². The zero-order chi connectivity index (χ0) is 9.84. The summed E-state index contributed by atoms with van der Waals surface area (Å²) in [7, 11) is 0. The van der Waals surface area contributed by atoms with Gasteiger partial charge in [-0.1, -0.05) is 0 Å². The van der Waals surface area contributed by atoms with Gasteiger partial charge in [-0.2, -0.15) is 9.90 Å². The van der Waals surface area contributed by atoms with Crippen LogP contribution in [-0.4, -0.2) is 27.6 Å². The highest BCUT2D eigenvalue weighted by Crippen LogP contribution is 2.05. The molecule has 0 aliphatic heterocycles. The van der Waals surface area contributed by atoms with Gasteiger partial charge >= 0.3 is 5.97 Å². The summed E-state index contributed by atoms with van der Waals surface area (Å²) in [6, 6.07) is -0.530. The summed E-state index contributed by atoms with van der Waals surface area (Å²) in [4.78, 5) is 12.4. The van der Waals surface area contributed by atoms with Gasteiger partial charge in [0, 0.05) is 0 Å². The van der Waals surface area contributed by atoms with Gasteiger partial charge in [0.1, 0.15) is 0 Å². The summed E-state index contributed by atoms with van der Waals surface area (Å²) in [5, 5.41) is 7.60. The number of hydrogen-bond donors (Lipinski definition) is 1. The zero-order valence-corrected chi connectivity index (χ0v) is 7.60. The molecule has 0 saturated carbocycles. The molecule has 0 spiro atoms. The van der Waals surface area contributed by atoms with Gasteiger partial charge in [-0.15, -0.1) is 5.10 Å². The molecule has 0 aliphatic carbocycles. The number of carbonyl (C=O) groups excluding carboxylic acids is 1. The minimum absolute atomic E-state index is 0.288. The predicted octanol–water partition coefficient (Wildman–Crippen LogP) is -0.0156. The summed E-state index contributed by atoms with van der Waals surface area (Å²) < 4.78 is 4.79. The van der Waals surface area contributed by atoms with Crippen LogP contribution >= 0.6 is 0 Å². The molecule has 1 rings (SSSR count). The van der Waals surface area contributed by atoms with Crippen molar-refractivity contribution in [3.63, 3.8) is 0 Å². The number of ether oxygens (including phenoxy) is 1. The van der Waals surface area contributed by atoms with E-state index in [0.717, 1.165) is 0 Å². The number of carbonyl (C=O) groups is 1. The van der Waals surface area contributed by atoms with Crippen LogP contribution in [0.25, 0.3) is 0 Å². The Balaban J connectivity index is 2.67. The number of hydrogen-bond acceptors (Lipinski definition) is 5. The van der Waals surface area contributed by atoms with Crippen molar-refractivity contribution >= 4 is 11.8 Å². The second kappa shape index (κ2) is 3.88. The monoisotopic (exact) mass is 184 g/mol. The van der Waals surface area contributed by atoms with Crippen LogP contribution in [0.15, 0.2) is 6.20 Å². The Morgan fingerprint density at radius 3 is 3.00 bits per heavy atom. The molecule has 0 aliphatic rings. The molecule has 1 aromatic rings. The second-order valence-electron chi connectivity index (χ2n) is 2.52. The van der Waals surface area contributed by atoms with Crippen LogP contribution in [0.3, 0.4) is 0 Å². The third kappa shape index (κ3) is 2.17. The molecule has 6 heteroatoms. The quantitative estimate of drug-likeness (QED) is 0.668. The van der Waals surface area contributed by atoms with Crippen molar-refractivity contribution in [2.45, 2.75) is 19.9 Å². The van der Waals surface area contributed by atoms with Crippen molar-refractivity contribution in [2.24, 2.45) is 0 Å². The maximum atomic E-state index is 11.2. The smallest absolute Gasteiger partial charge is 0.332 e. The predicted molar refractivity (Wildman–Crippen MR) is 45.8 cm³/mol. The van der Waals surface area contributed by atoms with Crippen LogP contribution in [0.1, 0.15) is 19.9 Å². The van der Waals surface area contributed by atoms with E-state index in [1.54, 1.807) is 13.8 Å². The molecule has 0 saturated heterocycles. The molecule has 1 heterocycles. The van der Waals surface area contributed by atoms with Crippen molar-refractivity contribution in [1.82, 2.24) is 15.0 Å². The molecule has 0 amide bonds. The number of nitrogens with zero attached hydrogens (tertiary/aromatic N) is 3. The lowest BCUT2D eigenvalue weighted by molar-refractivity contribution is -0.147. The van der Waals surface area contributed by atoms with Gasteiger partial charge < -0.3 is 10.5 Å². The maximum absolute atomic E-state index is 11.2. The van der Waals surface area contributed by atoms with Gasteiger partial charge in [-0.05, 0) is 13.8 Å².